The summed E-state index contributed by atoms with van der Waals surface area (Å²) in [6.45, 7) is 5.02. The largest absolute Gasteiger partial charge is 0.464 e. The van der Waals surface area contributed by atoms with Crippen molar-refractivity contribution in [2.75, 3.05) is 18.5 Å². The molecule has 0 unspecified atom stereocenters. The number of aromatic nitrogens is 5. The Morgan fingerprint density at radius 1 is 1.38 bits per heavy atom. The molecular formula is C12H17N7O2. The van der Waals surface area contributed by atoms with E-state index in [1.54, 1.807) is 6.20 Å². The molecule has 2 aromatic rings. The predicted molar refractivity (Wildman–Crippen MR) is 75.4 cm³/mol. The molecule has 0 saturated carbocycles. The van der Waals surface area contributed by atoms with Crippen LogP contribution in [0.3, 0.4) is 0 Å². The Bertz CT molecular complexity index is 626. The van der Waals surface area contributed by atoms with Crippen molar-refractivity contribution in [3.05, 3.63) is 18.0 Å². The van der Waals surface area contributed by atoms with Crippen molar-refractivity contribution < 1.29 is 9.53 Å². The summed E-state index contributed by atoms with van der Waals surface area (Å²) in [6, 6.07) is 1.68. The van der Waals surface area contributed by atoms with Crippen molar-refractivity contribution in [1.82, 2.24) is 24.7 Å². The Kier molecular flexibility index (Phi) is 4.64. The molecule has 0 radical (unpaired) electrons. The first kappa shape index (κ1) is 14.7. The van der Waals surface area contributed by atoms with E-state index < -0.39 is 5.91 Å². The van der Waals surface area contributed by atoms with Crippen LogP contribution < -0.4 is 15.8 Å². The van der Waals surface area contributed by atoms with E-state index in [-0.39, 0.29) is 17.7 Å². The van der Waals surface area contributed by atoms with Gasteiger partial charge in [-0.05, 0) is 19.4 Å². The molecule has 0 fully saturated rings. The standard InChI is InChI=1S/C12H17N7O2/c1-3-6-14-10-15-11(17-12(16-10)21-4-2)19-7-5-8(18-19)9(13)20/h5,7H,3-4,6H2,1-2H3,(H2,13,20)(H,14,15,16,17). The average Bonchev–Trinajstić information content (AvgIpc) is 2.95. The van der Waals surface area contributed by atoms with Crippen LogP contribution in [0.15, 0.2) is 12.3 Å². The van der Waals surface area contributed by atoms with Crippen molar-refractivity contribution in [1.29, 1.82) is 0 Å². The molecule has 21 heavy (non-hydrogen) atoms. The minimum atomic E-state index is -0.614. The fourth-order valence-electron chi connectivity index (χ4n) is 1.52. The van der Waals surface area contributed by atoms with Gasteiger partial charge in [0.15, 0.2) is 0 Å². The number of nitrogens with two attached hydrogens (primary N) is 1. The van der Waals surface area contributed by atoms with Gasteiger partial charge in [0.05, 0.1) is 6.61 Å². The third kappa shape index (κ3) is 3.65. The Morgan fingerprint density at radius 3 is 2.81 bits per heavy atom. The zero-order chi connectivity index (χ0) is 15.2. The molecule has 0 atom stereocenters. The van der Waals surface area contributed by atoms with Crippen LogP contribution in [0.2, 0.25) is 0 Å². The Morgan fingerprint density at radius 2 is 2.19 bits per heavy atom. The molecule has 2 rings (SSSR count). The monoisotopic (exact) mass is 291 g/mol. The van der Waals surface area contributed by atoms with Crippen LogP contribution in [0.25, 0.3) is 5.95 Å². The van der Waals surface area contributed by atoms with Crippen LogP contribution in [-0.2, 0) is 0 Å². The number of ether oxygens (including phenoxy) is 1. The number of hydrogen-bond acceptors (Lipinski definition) is 7. The van der Waals surface area contributed by atoms with Crippen LogP contribution >= 0.6 is 0 Å². The van der Waals surface area contributed by atoms with E-state index in [0.29, 0.717) is 12.6 Å². The predicted octanol–water partition coefficient (Wildman–Crippen LogP) is 0.377. The normalized spacial score (nSPS) is 10.4. The SMILES string of the molecule is CCCNc1nc(OCC)nc(-n2ccc(C(N)=O)n2)n1. The van der Waals surface area contributed by atoms with Gasteiger partial charge < -0.3 is 15.8 Å². The lowest BCUT2D eigenvalue weighted by Gasteiger charge is -2.08. The number of nitrogens with one attached hydrogen (secondary N) is 1. The van der Waals surface area contributed by atoms with E-state index in [2.05, 4.69) is 25.4 Å². The van der Waals surface area contributed by atoms with Gasteiger partial charge in [0.25, 0.3) is 11.9 Å². The van der Waals surface area contributed by atoms with E-state index in [1.165, 1.54) is 10.7 Å². The zero-order valence-electron chi connectivity index (χ0n) is 11.9. The summed E-state index contributed by atoms with van der Waals surface area (Å²) in [7, 11) is 0. The molecule has 2 heterocycles. The number of primary amides is 1. The summed E-state index contributed by atoms with van der Waals surface area (Å²) >= 11 is 0. The number of carbonyl (C=O) groups excluding carboxylic acids is 1. The summed E-state index contributed by atoms with van der Waals surface area (Å²) in [5.74, 6) is 0.0261. The highest BCUT2D eigenvalue weighted by Gasteiger charge is 2.12. The van der Waals surface area contributed by atoms with Gasteiger partial charge in [-0.1, -0.05) is 6.92 Å². The molecule has 0 bridgehead atoms. The quantitative estimate of drug-likeness (QED) is 0.756. The van der Waals surface area contributed by atoms with Gasteiger partial charge in [0.1, 0.15) is 5.69 Å². The first-order valence-electron chi connectivity index (χ1n) is 6.62. The maximum Gasteiger partial charge on any atom is 0.323 e. The molecule has 0 saturated heterocycles. The second kappa shape index (κ2) is 6.64. The lowest BCUT2D eigenvalue weighted by atomic mass is 10.4. The zero-order valence-corrected chi connectivity index (χ0v) is 11.9. The first-order chi connectivity index (χ1) is 10.1. The lowest BCUT2D eigenvalue weighted by Crippen LogP contribution is -2.14. The third-order valence-corrected chi connectivity index (χ3v) is 2.46. The Hall–Kier alpha value is -2.71. The van der Waals surface area contributed by atoms with Crippen LogP contribution in [0.5, 0.6) is 6.01 Å². The highest BCUT2D eigenvalue weighted by atomic mass is 16.5. The van der Waals surface area contributed by atoms with E-state index >= 15 is 0 Å². The van der Waals surface area contributed by atoms with Crippen LogP contribution in [-0.4, -0.2) is 43.8 Å². The van der Waals surface area contributed by atoms with Crippen LogP contribution in [0.1, 0.15) is 30.8 Å². The molecule has 0 spiro atoms. The lowest BCUT2D eigenvalue weighted by molar-refractivity contribution is 0.0995. The highest BCUT2D eigenvalue weighted by molar-refractivity contribution is 5.90. The summed E-state index contributed by atoms with van der Waals surface area (Å²) in [4.78, 5) is 23.6. The van der Waals surface area contributed by atoms with E-state index in [9.17, 15) is 4.79 Å². The van der Waals surface area contributed by atoms with E-state index in [0.717, 1.165) is 13.0 Å². The highest BCUT2D eigenvalue weighted by Crippen LogP contribution is 2.11. The molecule has 0 aliphatic rings. The van der Waals surface area contributed by atoms with Crippen molar-refractivity contribution in [2.24, 2.45) is 5.73 Å². The van der Waals surface area contributed by atoms with Crippen molar-refractivity contribution in [3.8, 4) is 12.0 Å². The smallest absolute Gasteiger partial charge is 0.323 e. The van der Waals surface area contributed by atoms with Gasteiger partial charge in [0, 0.05) is 12.7 Å². The van der Waals surface area contributed by atoms with Crippen LogP contribution in [0, 0.1) is 0 Å². The molecule has 9 heteroatoms. The van der Waals surface area contributed by atoms with Gasteiger partial charge in [0.2, 0.25) is 5.95 Å². The maximum absolute atomic E-state index is 11.1. The van der Waals surface area contributed by atoms with Gasteiger partial charge in [-0.25, -0.2) is 4.68 Å². The molecule has 1 amide bonds. The van der Waals surface area contributed by atoms with Gasteiger partial charge in [-0.15, -0.1) is 0 Å². The number of nitrogens with zero attached hydrogens (tertiary/aromatic N) is 5. The van der Waals surface area contributed by atoms with E-state index in [1.807, 2.05) is 13.8 Å². The minimum Gasteiger partial charge on any atom is -0.464 e. The van der Waals surface area contributed by atoms with E-state index in [4.69, 9.17) is 10.5 Å². The van der Waals surface area contributed by atoms with Gasteiger partial charge >= 0.3 is 6.01 Å². The fourth-order valence-corrected chi connectivity index (χ4v) is 1.52. The number of rotatable bonds is 7. The molecule has 0 aliphatic carbocycles. The summed E-state index contributed by atoms with van der Waals surface area (Å²) < 4.78 is 6.66. The molecule has 112 valence electrons. The summed E-state index contributed by atoms with van der Waals surface area (Å²) in [5.41, 5.74) is 5.31. The molecule has 0 aliphatic heterocycles. The average molecular weight is 291 g/mol. The molecule has 3 N–H and O–H groups in total. The number of amides is 1. The van der Waals surface area contributed by atoms with Crippen molar-refractivity contribution >= 4 is 11.9 Å². The van der Waals surface area contributed by atoms with Gasteiger partial charge in [-0.2, -0.15) is 20.1 Å². The van der Waals surface area contributed by atoms with Crippen molar-refractivity contribution in [3.63, 3.8) is 0 Å². The van der Waals surface area contributed by atoms with Crippen LogP contribution in [0.4, 0.5) is 5.95 Å². The Balaban J connectivity index is 2.35. The molecule has 2 aromatic heterocycles. The first-order valence-corrected chi connectivity index (χ1v) is 6.62. The topological polar surface area (TPSA) is 121 Å². The third-order valence-electron chi connectivity index (χ3n) is 2.46. The van der Waals surface area contributed by atoms with Crippen molar-refractivity contribution in [2.45, 2.75) is 20.3 Å². The molecular weight excluding hydrogens is 274 g/mol. The fraction of sp³-hybridized carbons (Fsp3) is 0.417. The van der Waals surface area contributed by atoms with Gasteiger partial charge in [-0.3, -0.25) is 4.79 Å². The second-order valence-corrected chi connectivity index (χ2v) is 4.11. The summed E-state index contributed by atoms with van der Waals surface area (Å²) in [6.07, 6.45) is 2.48. The second-order valence-electron chi connectivity index (χ2n) is 4.11. The Labute approximate surface area is 121 Å². The minimum absolute atomic E-state index is 0.136. The maximum atomic E-state index is 11.1. The molecule has 0 aromatic carbocycles. The number of anilines is 1. The number of carbonyl (C=O) groups is 1. The summed E-state index contributed by atoms with van der Waals surface area (Å²) in [5, 5.41) is 7.07. The molecule has 9 nitrogen and oxygen atoms in total. The number of hydrogen-bond donors (Lipinski definition) is 2.